The minimum Gasteiger partial charge on any atom is -0.406 e. The summed E-state index contributed by atoms with van der Waals surface area (Å²) in [6, 6.07) is 0. The minimum absolute atomic E-state index is 0.325. The summed E-state index contributed by atoms with van der Waals surface area (Å²) in [5.74, 6) is 0.103. The Morgan fingerprint density at radius 3 is 2.90 bits per heavy atom. The third-order valence-electron chi connectivity index (χ3n) is 0.941. The van der Waals surface area contributed by atoms with Gasteiger partial charge in [-0.1, -0.05) is 0 Å². The molecule has 0 radical (unpaired) electrons. The van der Waals surface area contributed by atoms with Crippen LogP contribution in [0, 0.1) is 6.92 Å². The van der Waals surface area contributed by atoms with Crippen LogP contribution in [0.15, 0.2) is 5.51 Å². The zero-order valence-electron chi connectivity index (χ0n) is 5.75. The predicted molar refractivity (Wildman–Crippen MR) is 38.2 cm³/mol. The lowest BCUT2D eigenvalue weighted by atomic mass is 10.6. The van der Waals surface area contributed by atoms with E-state index in [-0.39, 0.29) is 5.97 Å². The van der Waals surface area contributed by atoms with Crippen LogP contribution >= 0.6 is 11.3 Å². The number of rotatable bonds is 1. The maximum absolute atomic E-state index is 10.4. The summed E-state index contributed by atoms with van der Waals surface area (Å²) in [7, 11) is 0. The molecule has 0 aliphatic heterocycles. The van der Waals surface area contributed by atoms with Crippen molar-refractivity contribution in [3.63, 3.8) is 0 Å². The van der Waals surface area contributed by atoms with Gasteiger partial charge in [0.2, 0.25) is 5.88 Å². The fourth-order valence-corrected chi connectivity index (χ4v) is 1.03. The average Bonchev–Trinajstić information content (AvgIpc) is 2.15. The van der Waals surface area contributed by atoms with Gasteiger partial charge in [0.1, 0.15) is 0 Å². The fourth-order valence-electron chi connectivity index (χ4n) is 0.529. The van der Waals surface area contributed by atoms with Crippen molar-refractivity contribution in [1.29, 1.82) is 0 Å². The van der Waals surface area contributed by atoms with Crippen LogP contribution in [0.25, 0.3) is 0 Å². The molecular weight excluding hydrogens is 150 g/mol. The van der Waals surface area contributed by atoms with E-state index in [4.69, 9.17) is 4.74 Å². The van der Waals surface area contributed by atoms with Gasteiger partial charge in [-0.15, -0.1) is 11.3 Å². The molecule has 3 nitrogen and oxygen atoms in total. The number of hydrogen-bond donors (Lipinski definition) is 0. The Bertz CT molecular complexity index is 244. The summed E-state index contributed by atoms with van der Waals surface area (Å²) in [5, 5.41) is 0. The summed E-state index contributed by atoms with van der Waals surface area (Å²) in [6.45, 7) is 3.22. The largest absolute Gasteiger partial charge is 0.406 e. The van der Waals surface area contributed by atoms with Crippen LogP contribution < -0.4 is 4.74 Å². The molecule has 0 aliphatic carbocycles. The van der Waals surface area contributed by atoms with Gasteiger partial charge in [0.25, 0.3) is 0 Å². The maximum Gasteiger partial charge on any atom is 0.309 e. The van der Waals surface area contributed by atoms with Gasteiger partial charge in [0.05, 0.1) is 10.4 Å². The predicted octanol–water partition coefficient (Wildman–Crippen LogP) is 1.38. The van der Waals surface area contributed by atoms with Crippen molar-refractivity contribution in [1.82, 2.24) is 4.98 Å². The number of carbonyl (C=O) groups is 1. The smallest absolute Gasteiger partial charge is 0.309 e. The highest BCUT2D eigenvalue weighted by Crippen LogP contribution is 2.18. The Balaban J connectivity index is 2.74. The second-order valence-electron chi connectivity index (χ2n) is 1.81. The SMILES string of the molecule is CC(=O)Oc1ncsc1C. The normalized spacial score (nSPS) is 9.40. The number of ether oxygens (including phenoxy) is 1. The molecule has 1 aromatic rings. The van der Waals surface area contributed by atoms with E-state index in [1.165, 1.54) is 18.3 Å². The molecule has 0 atom stereocenters. The van der Waals surface area contributed by atoms with Crippen LogP contribution in [0.5, 0.6) is 5.88 Å². The van der Waals surface area contributed by atoms with Gasteiger partial charge < -0.3 is 4.74 Å². The van der Waals surface area contributed by atoms with Gasteiger partial charge in [-0.25, -0.2) is 4.98 Å². The first-order valence-electron chi connectivity index (χ1n) is 2.78. The van der Waals surface area contributed by atoms with Crippen LogP contribution in [0.2, 0.25) is 0 Å². The number of nitrogens with zero attached hydrogens (tertiary/aromatic N) is 1. The monoisotopic (exact) mass is 157 g/mol. The highest BCUT2D eigenvalue weighted by atomic mass is 32.1. The van der Waals surface area contributed by atoms with Crippen molar-refractivity contribution in [2.75, 3.05) is 0 Å². The van der Waals surface area contributed by atoms with Crippen molar-refractivity contribution in [3.8, 4) is 5.88 Å². The van der Waals surface area contributed by atoms with Gasteiger partial charge in [-0.3, -0.25) is 4.79 Å². The summed E-state index contributed by atoms with van der Waals surface area (Å²) >= 11 is 1.46. The van der Waals surface area contributed by atoms with E-state index < -0.39 is 0 Å². The maximum atomic E-state index is 10.4. The Hall–Kier alpha value is -0.900. The van der Waals surface area contributed by atoms with Crippen LogP contribution in [-0.2, 0) is 4.79 Å². The van der Waals surface area contributed by atoms with Gasteiger partial charge in [-0.05, 0) is 6.92 Å². The second kappa shape index (κ2) is 2.79. The van der Waals surface area contributed by atoms with Crippen molar-refractivity contribution >= 4 is 17.3 Å². The molecule has 0 amide bonds. The molecule has 10 heavy (non-hydrogen) atoms. The molecule has 1 rings (SSSR count). The Labute approximate surface area is 62.7 Å². The van der Waals surface area contributed by atoms with Crippen LogP contribution in [-0.4, -0.2) is 11.0 Å². The van der Waals surface area contributed by atoms with Gasteiger partial charge >= 0.3 is 5.97 Å². The van der Waals surface area contributed by atoms with E-state index in [1.807, 2.05) is 6.92 Å². The van der Waals surface area contributed by atoms with E-state index in [9.17, 15) is 4.79 Å². The summed E-state index contributed by atoms with van der Waals surface area (Å²) in [5.41, 5.74) is 1.65. The second-order valence-corrected chi connectivity index (χ2v) is 2.87. The Kier molecular flexibility index (Phi) is 2.01. The van der Waals surface area contributed by atoms with Crippen LogP contribution in [0.3, 0.4) is 0 Å². The minimum atomic E-state index is -0.325. The molecule has 0 aliphatic rings. The first kappa shape index (κ1) is 7.21. The lowest BCUT2D eigenvalue weighted by Gasteiger charge is -1.94. The topological polar surface area (TPSA) is 39.2 Å². The van der Waals surface area contributed by atoms with Crippen molar-refractivity contribution in [2.24, 2.45) is 0 Å². The van der Waals surface area contributed by atoms with Gasteiger partial charge in [0, 0.05) is 6.92 Å². The third-order valence-corrected chi connectivity index (χ3v) is 1.68. The van der Waals surface area contributed by atoms with E-state index in [0.717, 1.165) is 4.88 Å². The fraction of sp³-hybridized carbons (Fsp3) is 0.333. The molecule has 0 bridgehead atoms. The number of carbonyl (C=O) groups excluding carboxylic acids is 1. The highest BCUT2D eigenvalue weighted by molar-refractivity contribution is 7.09. The first-order chi connectivity index (χ1) is 4.70. The quantitative estimate of drug-likeness (QED) is 0.578. The standard InChI is InChI=1S/C6H7NO2S/c1-4-6(7-3-10-4)9-5(2)8/h3H,1-2H3. The molecule has 0 unspecified atom stereocenters. The molecule has 1 heterocycles. The number of hydrogen-bond acceptors (Lipinski definition) is 4. The zero-order valence-corrected chi connectivity index (χ0v) is 6.57. The van der Waals surface area contributed by atoms with Crippen molar-refractivity contribution in [2.45, 2.75) is 13.8 Å². The molecule has 0 saturated heterocycles. The molecule has 54 valence electrons. The number of aryl methyl sites for hydroxylation is 1. The molecule has 0 N–H and O–H groups in total. The number of esters is 1. The summed E-state index contributed by atoms with van der Waals surface area (Å²) < 4.78 is 4.75. The van der Waals surface area contributed by atoms with Crippen molar-refractivity contribution < 1.29 is 9.53 Å². The molecule has 0 spiro atoms. The molecule has 0 aromatic carbocycles. The van der Waals surface area contributed by atoms with E-state index in [0.29, 0.717) is 5.88 Å². The summed E-state index contributed by atoms with van der Waals surface area (Å²) in [4.78, 5) is 15.2. The number of aromatic nitrogens is 1. The van der Waals surface area contributed by atoms with Gasteiger partial charge in [0.15, 0.2) is 0 Å². The molecular formula is C6H7NO2S. The highest BCUT2D eigenvalue weighted by Gasteiger charge is 2.03. The van der Waals surface area contributed by atoms with Crippen LogP contribution in [0.1, 0.15) is 11.8 Å². The van der Waals surface area contributed by atoms with E-state index in [1.54, 1.807) is 5.51 Å². The molecule has 0 saturated carbocycles. The number of thiazole rings is 1. The van der Waals surface area contributed by atoms with Crippen LogP contribution in [0.4, 0.5) is 0 Å². The molecule has 4 heteroatoms. The average molecular weight is 157 g/mol. The van der Waals surface area contributed by atoms with Crippen molar-refractivity contribution in [3.05, 3.63) is 10.4 Å². The van der Waals surface area contributed by atoms with E-state index in [2.05, 4.69) is 4.98 Å². The first-order valence-corrected chi connectivity index (χ1v) is 3.66. The molecule has 0 fully saturated rings. The lowest BCUT2D eigenvalue weighted by Crippen LogP contribution is -2.02. The lowest BCUT2D eigenvalue weighted by molar-refractivity contribution is -0.132. The molecule has 1 aromatic heterocycles. The van der Waals surface area contributed by atoms with Gasteiger partial charge in [-0.2, -0.15) is 0 Å². The third kappa shape index (κ3) is 1.54. The zero-order chi connectivity index (χ0) is 7.56. The Morgan fingerprint density at radius 1 is 1.80 bits per heavy atom. The van der Waals surface area contributed by atoms with E-state index >= 15 is 0 Å². The summed E-state index contributed by atoms with van der Waals surface area (Å²) in [6.07, 6.45) is 0. The Morgan fingerprint density at radius 2 is 2.50 bits per heavy atom.